The Kier molecular flexibility index (Phi) is 6.80. The van der Waals surface area contributed by atoms with Gasteiger partial charge in [-0.25, -0.2) is 9.59 Å². The Morgan fingerprint density at radius 2 is 1.83 bits per heavy atom. The van der Waals surface area contributed by atoms with Gasteiger partial charge in [0.25, 0.3) is 0 Å². The summed E-state index contributed by atoms with van der Waals surface area (Å²) in [5, 5.41) is 0. The third-order valence-electron chi connectivity index (χ3n) is 4.81. The molecule has 1 unspecified atom stereocenters. The van der Waals surface area contributed by atoms with E-state index in [0.29, 0.717) is 13.2 Å². The van der Waals surface area contributed by atoms with Crippen molar-refractivity contribution in [3.63, 3.8) is 0 Å². The highest BCUT2D eigenvalue weighted by atomic mass is 16.7. The lowest BCUT2D eigenvalue weighted by molar-refractivity contribution is -0.285. The number of carbonyl (C=O) groups is 2. The molecule has 1 heterocycles. The van der Waals surface area contributed by atoms with Crippen molar-refractivity contribution >= 4 is 11.9 Å². The monoisotopic (exact) mass is 340 g/mol. The summed E-state index contributed by atoms with van der Waals surface area (Å²) in [4.78, 5) is 22.9. The molecule has 0 radical (unpaired) electrons. The first-order valence-electron chi connectivity index (χ1n) is 8.72. The van der Waals surface area contributed by atoms with Crippen LogP contribution in [0.1, 0.15) is 46.0 Å². The maximum atomic E-state index is 11.7. The van der Waals surface area contributed by atoms with Gasteiger partial charge in [-0.15, -0.1) is 0 Å². The van der Waals surface area contributed by atoms with Gasteiger partial charge in [-0.1, -0.05) is 13.5 Å². The standard InChI is InChI=1S/C18H28O6/c1-4-14(9-21-16(19)12-22-17(20)13(2)3)15-10-23-18(24-11-15)7-5-6-8-18/h14-15H,2,4-12H2,1,3H3. The van der Waals surface area contributed by atoms with E-state index in [0.717, 1.165) is 32.1 Å². The molecule has 2 aliphatic rings. The normalized spacial score (nSPS) is 21.4. The van der Waals surface area contributed by atoms with Crippen LogP contribution in [-0.4, -0.2) is 44.2 Å². The quantitative estimate of drug-likeness (QED) is 0.524. The van der Waals surface area contributed by atoms with Crippen molar-refractivity contribution in [1.29, 1.82) is 0 Å². The molecule has 1 saturated carbocycles. The molecule has 0 aromatic carbocycles. The largest absolute Gasteiger partial charge is 0.463 e. The minimum Gasteiger partial charge on any atom is -0.463 e. The molecule has 2 fully saturated rings. The second-order valence-corrected chi connectivity index (χ2v) is 6.71. The topological polar surface area (TPSA) is 71.1 Å². The van der Waals surface area contributed by atoms with Crippen molar-refractivity contribution in [3.8, 4) is 0 Å². The highest BCUT2D eigenvalue weighted by Crippen LogP contribution is 2.39. The fourth-order valence-electron chi connectivity index (χ4n) is 3.16. The molecule has 24 heavy (non-hydrogen) atoms. The summed E-state index contributed by atoms with van der Waals surface area (Å²) >= 11 is 0. The Hall–Kier alpha value is -1.40. The van der Waals surface area contributed by atoms with Crippen LogP contribution in [0, 0.1) is 11.8 Å². The van der Waals surface area contributed by atoms with Gasteiger partial charge in [0.05, 0.1) is 19.8 Å². The van der Waals surface area contributed by atoms with Crippen LogP contribution in [0.2, 0.25) is 0 Å². The van der Waals surface area contributed by atoms with Gasteiger partial charge in [0.15, 0.2) is 12.4 Å². The lowest BCUT2D eigenvalue weighted by Crippen LogP contribution is -2.45. The summed E-state index contributed by atoms with van der Waals surface area (Å²) in [6.07, 6.45) is 5.12. The maximum Gasteiger partial charge on any atom is 0.344 e. The van der Waals surface area contributed by atoms with E-state index >= 15 is 0 Å². The van der Waals surface area contributed by atoms with Crippen molar-refractivity contribution < 1.29 is 28.5 Å². The molecule has 136 valence electrons. The summed E-state index contributed by atoms with van der Waals surface area (Å²) in [5.74, 6) is -1.11. The average molecular weight is 340 g/mol. The van der Waals surface area contributed by atoms with Gasteiger partial charge in [0, 0.05) is 30.3 Å². The SMILES string of the molecule is C=C(C)C(=O)OCC(=O)OCC(CC)C1COC2(CCCC2)OC1. The van der Waals surface area contributed by atoms with E-state index in [-0.39, 0.29) is 36.4 Å². The molecule has 6 nitrogen and oxygen atoms in total. The molecule has 0 N–H and O–H groups in total. The van der Waals surface area contributed by atoms with Gasteiger partial charge >= 0.3 is 11.9 Å². The van der Waals surface area contributed by atoms with E-state index in [1.165, 1.54) is 6.92 Å². The fourth-order valence-corrected chi connectivity index (χ4v) is 3.16. The lowest BCUT2D eigenvalue weighted by Gasteiger charge is -2.40. The molecule has 1 spiro atoms. The molecule has 0 aromatic rings. The highest BCUT2D eigenvalue weighted by molar-refractivity contribution is 5.88. The highest BCUT2D eigenvalue weighted by Gasteiger charge is 2.41. The Morgan fingerprint density at radius 1 is 1.21 bits per heavy atom. The zero-order valence-corrected chi connectivity index (χ0v) is 14.7. The summed E-state index contributed by atoms with van der Waals surface area (Å²) in [6.45, 7) is 8.22. The zero-order valence-electron chi connectivity index (χ0n) is 14.7. The lowest BCUT2D eigenvalue weighted by atomic mass is 9.91. The predicted molar refractivity (Wildman–Crippen MR) is 87.1 cm³/mol. The van der Waals surface area contributed by atoms with E-state index in [2.05, 4.69) is 13.5 Å². The zero-order chi connectivity index (χ0) is 17.6. The summed E-state index contributed by atoms with van der Waals surface area (Å²) in [6, 6.07) is 0. The fraction of sp³-hybridized carbons (Fsp3) is 0.778. The molecule has 2 rings (SSSR count). The van der Waals surface area contributed by atoms with E-state index in [9.17, 15) is 9.59 Å². The molecule has 1 aliphatic carbocycles. The first-order chi connectivity index (χ1) is 11.5. The van der Waals surface area contributed by atoms with Crippen molar-refractivity contribution in [2.24, 2.45) is 11.8 Å². The first-order valence-corrected chi connectivity index (χ1v) is 8.72. The number of hydrogen-bond acceptors (Lipinski definition) is 6. The molecule has 1 aliphatic heterocycles. The van der Waals surface area contributed by atoms with Crippen molar-refractivity contribution in [3.05, 3.63) is 12.2 Å². The van der Waals surface area contributed by atoms with Crippen LogP contribution in [0.5, 0.6) is 0 Å². The van der Waals surface area contributed by atoms with Gasteiger partial charge in [-0.2, -0.15) is 0 Å². The summed E-state index contributed by atoms with van der Waals surface area (Å²) < 4.78 is 22.0. The number of ether oxygens (including phenoxy) is 4. The molecule has 1 saturated heterocycles. The molecular weight excluding hydrogens is 312 g/mol. The molecule has 0 amide bonds. The molecule has 0 aromatic heterocycles. The van der Waals surface area contributed by atoms with Crippen LogP contribution in [0.25, 0.3) is 0 Å². The number of esters is 2. The van der Waals surface area contributed by atoms with E-state index < -0.39 is 11.9 Å². The third-order valence-corrected chi connectivity index (χ3v) is 4.81. The van der Waals surface area contributed by atoms with Gasteiger partial charge in [0.2, 0.25) is 0 Å². The Labute approximate surface area is 143 Å². The smallest absolute Gasteiger partial charge is 0.344 e. The van der Waals surface area contributed by atoms with Gasteiger partial charge < -0.3 is 18.9 Å². The van der Waals surface area contributed by atoms with Gasteiger partial charge in [-0.05, 0) is 26.2 Å². The van der Waals surface area contributed by atoms with Crippen LogP contribution in [0.3, 0.4) is 0 Å². The minimum atomic E-state index is -0.588. The summed E-state index contributed by atoms with van der Waals surface area (Å²) in [5.41, 5.74) is 0.256. The molecule has 0 bridgehead atoms. The second-order valence-electron chi connectivity index (χ2n) is 6.71. The van der Waals surface area contributed by atoms with E-state index in [1.807, 2.05) is 0 Å². The van der Waals surface area contributed by atoms with Crippen LogP contribution < -0.4 is 0 Å². The molecule has 6 heteroatoms. The predicted octanol–water partition coefficient (Wildman–Crippen LogP) is 2.61. The number of carbonyl (C=O) groups excluding carboxylic acids is 2. The van der Waals surface area contributed by atoms with Crippen LogP contribution in [0.4, 0.5) is 0 Å². The van der Waals surface area contributed by atoms with Crippen molar-refractivity contribution in [2.75, 3.05) is 26.4 Å². The number of rotatable bonds is 7. The molecular formula is C18H28O6. The number of hydrogen-bond donors (Lipinski definition) is 0. The molecule has 1 atom stereocenters. The van der Waals surface area contributed by atoms with Crippen molar-refractivity contribution in [1.82, 2.24) is 0 Å². The first kappa shape index (κ1) is 18.9. The third kappa shape index (κ3) is 5.05. The Morgan fingerprint density at radius 3 is 2.38 bits per heavy atom. The second kappa shape index (κ2) is 8.62. The van der Waals surface area contributed by atoms with Crippen LogP contribution in [-0.2, 0) is 28.5 Å². The van der Waals surface area contributed by atoms with E-state index in [1.54, 1.807) is 0 Å². The minimum absolute atomic E-state index is 0.171. The van der Waals surface area contributed by atoms with Crippen LogP contribution >= 0.6 is 0 Å². The van der Waals surface area contributed by atoms with Gasteiger partial charge in [0.1, 0.15) is 0 Å². The maximum absolute atomic E-state index is 11.7. The summed E-state index contributed by atoms with van der Waals surface area (Å²) in [7, 11) is 0. The Bertz CT molecular complexity index is 456. The Balaban J connectivity index is 1.71. The average Bonchev–Trinajstić information content (AvgIpc) is 3.02. The van der Waals surface area contributed by atoms with E-state index in [4.69, 9.17) is 18.9 Å². The van der Waals surface area contributed by atoms with Crippen LogP contribution in [0.15, 0.2) is 12.2 Å². The van der Waals surface area contributed by atoms with Crippen molar-refractivity contribution in [2.45, 2.75) is 51.7 Å². The van der Waals surface area contributed by atoms with Gasteiger partial charge in [-0.3, -0.25) is 0 Å².